The number of carbonyl (C=O) groups excluding carboxylic acids is 1. The van der Waals surface area contributed by atoms with E-state index >= 15 is 0 Å². The summed E-state index contributed by atoms with van der Waals surface area (Å²) in [6, 6.07) is 11.9. The van der Waals surface area contributed by atoms with Crippen LogP contribution in [0, 0.1) is 0 Å². The minimum absolute atomic E-state index is 0.0464. The van der Waals surface area contributed by atoms with Crippen LogP contribution < -0.4 is 4.74 Å². The average molecular weight is 391 g/mol. The number of fused-ring (bicyclic) bond motifs is 1. The molecule has 0 N–H and O–H groups in total. The summed E-state index contributed by atoms with van der Waals surface area (Å²) in [4.78, 5) is 17.4. The number of amides is 1. The predicted octanol–water partition coefficient (Wildman–Crippen LogP) is 5.20. The zero-order chi connectivity index (χ0) is 18.1. The lowest BCUT2D eigenvalue weighted by Crippen LogP contribution is -2.39. The molecule has 3 aromatic rings. The molecule has 7 heteroatoms. The molecule has 26 heavy (non-hydrogen) atoms. The van der Waals surface area contributed by atoms with Crippen LogP contribution in [0.5, 0.6) is 5.75 Å². The van der Waals surface area contributed by atoms with Crippen molar-refractivity contribution in [1.82, 2.24) is 4.90 Å². The Hall–Kier alpha value is -2.25. The third-order valence-corrected chi connectivity index (χ3v) is 6.29. The van der Waals surface area contributed by atoms with Gasteiger partial charge < -0.3 is 9.64 Å². The molecule has 0 saturated carbocycles. The van der Waals surface area contributed by atoms with Crippen LogP contribution in [-0.2, 0) is 6.42 Å². The number of ether oxygens (including phenoxy) is 1. The lowest BCUT2D eigenvalue weighted by atomic mass is 9.97. The number of alkyl halides is 2. The molecule has 1 amide bonds. The number of rotatable bonds is 4. The Morgan fingerprint density at radius 2 is 1.92 bits per heavy atom. The molecule has 1 aliphatic rings. The lowest BCUT2D eigenvalue weighted by Gasteiger charge is -2.35. The molecule has 2 aromatic heterocycles. The molecule has 0 radical (unpaired) electrons. The van der Waals surface area contributed by atoms with Crippen molar-refractivity contribution in [2.24, 2.45) is 0 Å². The lowest BCUT2D eigenvalue weighted by molar-refractivity contribution is -0.0498. The van der Waals surface area contributed by atoms with Crippen molar-refractivity contribution in [3.63, 3.8) is 0 Å². The van der Waals surface area contributed by atoms with Gasteiger partial charge in [-0.3, -0.25) is 4.79 Å². The maximum absolute atomic E-state index is 13.1. The number of hydrogen-bond donors (Lipinski definition) is 0. The van der Waals surface area contributed by atoms with Crippen LogP contribution in [-0.4, -0.2) is 24.0 Å². The summed E-state index contributed by atoms with van der Waals surface area (Å²) in [6.07, 6.45) is 0.827. The molecule has 0 saturated heterocycles. The van der Waals surface area contributed by atoms with Gasteiger partial charge in [0.1, 0.15) is 5.75 Å². The molecule has 1 aliphatic heterocycles. The van der Waals surface area contributed by atoms with Gasteiger partial charge >= 0.3 is 6.61 Å². The van der Waals surface area contributed by atoms with E-state index in [0.717, 1.165) is 11.3 Å². The van der Waals surface area contributed by atoms with Crippen molar-refractivity contribution in [1.29, 1.82) is 0 Å². The van der Waals surface area contributed by atoms with E-state index < -0.39 is 6.61 Å². The van der Waals surface area contributed by atoms with Crippen LogP contribution in [0.15, 0.2) is 53.2 Å². The van der Waals surface area contributed by atoms with Gasteiger partial charge in [-0.15, -0.1) is 22.7 Å². The zero-order valence-corrected chi connectivity index (χ0v) is 15.2. The maximum Gasteiger partial charge on any atom is 0.387 e. The van der Waals surface area contributed by atoms with E-state index in [9.17, 15) is 13.6 Å². The van der Waals surface area contributed by atoms with Gasteiger partial charge in [0.2, 0.25) is 0 Å². The quantitative estimate of drug-likeness (QED) is 0.612. The van der Waals surface area contributed by atoms with E-state index in [1.807, 2.05) is 22.4 Å². The number of nitrogens with zero attached hydrogens (tertiary/aromatic N) is 1. The van der Waals surface area contributed by atoms with Crippen LogP contribution >= 0.6 is 22.7 Å². The molecule has 4 rings (SSSR count). The summed E-state index contributed by atoms with van der Waals surface area (Å²) in [5.41, 5.74) is 1.64. The van der Waals surface area contributed by atoms with Crippen molar-refractivity contribution in [2.75, 3.05) is 6.54 Å². The highest BCUT2D eigenvalue weighted by atomic mass is 32.1. The maximum atomic E-state index is 13.1. The van der Waals surface area contributed by atoms with Crippen LogP contribution in [0.3, 0.4) is 0 Å². The Bertz CT molecular complexity index is 891. The van der Waals surface area contributed by atoms with Crippen molar-refractivity contribution < 1.29 is 18.3 Å². The predicted molar refractivity (Wildman–Crippen MR) is 98.3 cm³/mol. The Morgan fingerprint density at radius 3 is 2.62 bits per heavy atom. The molecule has 0 fully saturated rings. The van der Waals surface area contributed by atoms with Gasteiger partial charge in [-0.05, 0) is 59.1 Å². The third kappa shape index (κ3) is 3.24. The molecule has 3 nitrogen and oxygen atoms in total. The van der Waals surface area contributed by atoms with E-state index in [1.165, 1.54) is 34.7 Å². The highest BCUT2D eigenvalue weighted by Crippen LogP contribution is 2.40. The Labute approximate surface area is 157 Å². The second-order valence-corrected chi connectivity index (χ2v) is 7.85. The minimum Gasteiger partial charge on any atom is -0.435 e. The minimum atomic E-state index is -2.88. The van der Waals surface area contributed by atoms with E-state index in [0.29, 0.717) is 12.1 Å². The number of carbonyl (C=O) groups is 1. The molecule has 1 atom stereocenters. The van der Waals surface area contributed by atoms with Gasteiger partial charge in [0.25, 0.3) is 5.91 Å². The van der Waals surface area contributed by atoms with Gasteiger partial charge in [0.15, 0.2) is 0 Å². The highest BCUT2D eigenvalue weighted by molar-refractivity contribution is 7.10. The first-order valence-electron chi connectivity index (χ1n) is 8.09. The molecule has 0 bridgehead atoms. The first-order chi connectivity index (χ1) is 12.6. The van der Waals surface area contributed by atoms with Gasteiger partial charge in [-0.25, -0.2) is 0 Å². The largest absolute Gasteiger partial charge is 0.435 e. The third-order valence-electron chi connectivity index (χ3n) is 4.37. The smallest absolute Gasteiger partial charge is 0.387 e. The topological polar surface area (TPSA) is 29.5 Å². The monoisotopic (exact) mass is 391 g/mol. The molecule has 0 aliphatic carbocycles. The second-order valence-electron chi connectivity index (χ2n) is 5.87. The molecule has 0 unspecified atom stereocenters. The zero-order valence-electron chi connectivity index (χ0n) is 13.6. The summed E-state index contributed by atoms with van der Waals surface area (Å²) in [5, 5.41) is 4.07. The average Bonchev–Trinajstić information content (AvgIpc) is 3.32. The van der Waals surface area contributed by atoms with Gasteiger partial charge in [-0.1, -0.05) is 6.07 Å². The van der Waals surface area contributed by atoms with Crippen LogP contribution in [0.1, 0.15) is 31.7 Å². The second kappa shape index (κ2) is 7.17. The summed E-state index contributed by atoms with van der Waals surface area (Å²) in [5.74, 6) is -0.0611. The molecular weight excluding hydrogens is 376 g/mol. The van der Waals surface area contributed by atoms with E-state index in [2.05, 4.69) is 16.2 Å². The SMILES string of the molecule is O=C(c1ccc(OC(F)F)cc1)N1CCc2sccc2[C@@H]1c1cccs1. The van der Waals surface area contributed by atoms with Crippen LogP contribution in [0.25, 0.3) is 0 Å². The van der Waals surface area contributed by atoms with E-state index in [1.54, 1.807) is 22.7 Å². The normalized spacial score (nSPS) is 16.6. The van der Waals surface area contributed by atoms with Gasteiger partial charge in [0, 0.05) is 21.9 Å². The van der Waals surface area contributed by atoms with Crippen molar-refractivity contribution in [3.05, 3.63) is 74.1 Å². The van der Waals surface area contributed by atoms with Crippen molar-refractivity contribution in [3.8, 4) is 5.75 Å². The number of benzene rings is 1. The number of hydrogen-bond acceptors (Lipinski definition) is 4. The fourth-order valence-corrected chi connectivity index (χ4v) is 4.99. The number of halogens is 2. The summed E-state index contributed by atoms with van der Waals surface area (Å²) >= 11 is 3.35. The van der Waals surface area contributed by atoms with Crippen LogP contribution in [0.4, 0.5) is 8.78 Å². The molecule has 3 heterocycles. The van der Waals surface area contributed by atoms with E-state index in [4.69, 9.17) is 0 Å². The summed E-state index contributed by atoms with van der Waals surface area (Å²) in [7, 11) is 0. The fraction of sp³-hybridized carbons (Fsp3) is 0.211. The van der Waals surface area contributed by atoms with Crippen molar-refractivity contribution in [2.45, 2.75) is 19.1 Å². The van der Waals surface area contributed by atoms with Gasteiger partial charge in [0.05, 0.1) is 6.04 Å². The van der Waals surface area contributed by atoms with Crippen LogP contribution in [0.2, 0.25) is 0 Å². The molecule has 0 spiro atoms. The van der Waals surface area contributed by atoms with Gasteiger partial charge in [-0.2, -0.15) is 8.78 Å². The standard InChI is InChI=1S/C19H15F2NO2S2/c20-19(21)24-13-5-3-12(4-6-13)18(23)22-9-7-15-14(8-11-26-15)17(22)16-2-1-10-25-16/h1-6,8,10-11,17,19H,7,9H2/t17-/m1/s1. The molecule has 1 aromatic carbocycles. The molecular formula is C19H15F2NO2S2. The Morgan fingerprint density at radius 1 is 1.12 bits per heavy atom. The summed E-state index contributed by atoms with van der Waals surface area (Å²) in [6.45, 7) is -2.25. The highest BCUT2D eigenvalue weighted by Gasteiger charge is 2.33. The Kier molecular flexibility index (Phi) is 4.74. The fourth-order valence-electron chi connectivity index (χ4n) is 3.23. The summed E-state index contributed by atoms with van der Waals surface area (Å²) < 4.78 is 28.9. The molecule has 134 valence electrons. The van der Waals surface area contributed by atoms with Crippen molar-refractivity contribution >= 4 is 28.6 Å². The number of thiophene rings is 2. The van der Waals surface area contributed by atoms with E-state index in [-0.39, 0.29) is 17.7 Å². The first kappa shape index (κ1) is 17.2. The first-order valence-corrected chi connectivity index (χ1v) is 9.85. The Balaban J connectivity index is 1.64.